The van der Waals surface area contributed by atoms with Gasteiger partial charge in [0.05, 0.1) is 6.54 Å². The van der Waals surface area contributed by atoms with Crippen molar-refractivity contribution in [3.05, 3.63) is 0 Å². The van der Waals surface area contributed by atoms with Gasteiger partial charge in [-0.05, 0) is 38.3 Å². The summed E-state index contributed by atoms with van der Waals surface area (Å²) in [6.07, 6.45) is -1.60. The van der Waals surface area contributed by atoms with E-state index in [1.807, 2.05) is 0 Å². The third-order valence-electron chi connectivity index (χ3n) is 4.27. The fourth-order valence-corrected chi connectivity index (χ4v) is 3.11. The third kappa shape index (κ3) is 5.35. The molecule has 0 radical (unpaired) electrons. The molecule has 0 saturated carbocycles. The topological polar surface area (TPSA) is 61.6 Å². The van der Waals surface area contributed by atoms with E-state index >= 15 is 0 Å². The number of hydrogen-bond donors (Lipinski definition) is 2. The standard InChI is InChI=1S/C13H23F3N4O/c14-13(15,16)9-19-4-1-10(8-19)7-18-11-2-5-20(6-3-11)12(17)21/h10-11,18H,1-9H2,(H2,17,21). The minimum Gasteiger partial charge on any atom is -0.351 e. The zero-order valence-electron chi connectivity index (χ0n) is 12.0. The number of likely N-dealkylation sites (tertiary alicyclic amines) is 2. The lowest BCUT2D eigenvalue weighted by Gasteiger charge is -2.32. The van der Waals surface area contributed by atoms with E-state index in [9.17, 15) is 18.0 Å². The quantitative estimate of drug-likeness (QED) is 0.814. The molecule has 2 fully saturated rings. The summed E-state index contributed by atoms with van der Waals surface area (Å²) < 4.78 is 36.9. The molecule has 2 saturated heterocycles. The summed E-state index contributed by atoms with van der Waals surface area (Å²) >= 11 is 0. The van der Waals surface area contributed by atoms with Gasteiger partial charge < -0.3 is 16.0 Å². The highest BCUT2D eigenvalue weighted by atomic mass is 19.4. The van der Waals surface area contributed by atoms with E-state index in [2.05, 4.69) is 5.32 Å². The third-order valence-corrected chi connectivity index (χ3v) is 4.27. The number of carbonyl (C=O) groups excluding carboxylic acids is 1. The maximum Gasteiger partial charge on any atom is 0.401 e. The van der Waals surface area contributed by atoms with Crippen LogP contribution in [0.2, 0.25) is 0 Å². The number of nitrogens with one attached hydrogen (secondary N) is 1. The van der Waals surface area contributed by atoms with Crippen LogP contribution in [-0.4, -0.2) is 67.3 Å². The van der Waals surface area contributed by atoms with Crippen molar-refractivity contribution in [1.82, 2.24) is 15.1 Å². The van der Waals surface area contributed by atoms with E-state index in [0.29, 0.717) is 32.2 Å². The second-order valence-electron chi connectivity index (χ2n) is 6.01. The molecule has 3 N–H and O–H groups in total. The molecule has 0 spiro atoms. The van der Waals surface area contributed by atoms with Crippen LogP contribution in [0.25, 0.3) is 0 Å². The molecule has 0 bridgehead atoms. The van der Waals surface area contributed by atoms with E-state index in [1.54, 1.807) is 4.90 Å². The van der Waals surface area contributed by atoms with E-state index in [4.69, 9.17) is 5.73 Å². The molecule has 0 aromatic carbocycles. The Kier molecular flexibility index (Phi) is 5.32. The minimum absolute atomic E-state index is 0.279. The Labute approximate surface area is 122 Å². The summed E-state index contributed by atoms with van der Waals surface area (Å²) in [5.74, 6) is 0.279. The highest BCUT2D eigenvalue weighted by molar-refractivity contribution is 5.72. The lowest BCUT2D eigenvalue weighted by atomic mass is 10.0. The summed E-state index contributed by atoms with van der Waals surface area (Å²) in [6.45, 7) is 2.27. The van der Waals surface area contributed by atoms with Gasteiger partial charge in [-0.15, -0.1) is 0 Å². The van der Waals surface area contributed by atoms with Crippen molar-refractivity contribution in [2.75, 3.05) is 39.3 Å². The number of nitrogens with zero attached hydrogens (tertiary/aromatic N) is 2. The average Bonchev–Trinajstić information content (AvgIpc) is 2.82. The Morgan fingerprint density at radius 3 is 2.43 bits per heavy atom. The van der Waals surface area contributed by atoms with Gasteiger partial charge in [-0.1, -0.05) is 0 Å². The first-order valence-corrected chi connectivity index (χ1v) is 7.40. The number of primary amides is 1. The van der Waals surface area contributed by atoms with Crippen LogP contribution >= 0.6 is 0 Å². The van der Waals surface area contributed by atoms with Gasteiger partial charge in [0.25, 0.3) is 0 Å². The number of rotatable bonds is 4. The molecule has 1 unspecified atom stereocenters. The Hall–Kier alpha value is -1.02. The first-order chi connectivity index (χ1) is 9.83. The largest absolute Gasteiger partial charge is 0.401 e. The minimum atomic E-state index is -4.11. The first-order valence-electron chi connectivity index (χ1n) is 7.40. The fraction of sp³-hybridized carbons (Fsp3) is 0.923. The normalized spacial score (nSPS) is 25.5. The summed E-state index contributed by atoms with van der Waals surface area (Å²) in [7, 11) is 0. The maximum absolute atomic E-state index is 12.3. The smallest absolute Gasteiger partial charge is 0.351 e. The predicted molar refractivity (Wildman–Crippen MR) is 72.8 cm³/mol. The molecule has 21 heavy (non-hydrogen) atoms. The zero-order chi connectivity index (χ0) is 15.5. The average molecular weight is 308 g/mol. The number of amides is 2. The van der Waals surface area contributed by atoms with Crippen LogP contribution in [0.1, 0.15) is 19.3 Å². The van der Waals surface area contributed by atoms with E-state index < -0.39 is 12.7 Å². The highest BCUT2D eigenvalue weighted by Gasteiger charge is 2.34. The van der Waals surface area contributed by atoms with E-state index in [-0.39, 0.29) is 11.9 Å². The lowest BCUT2D eigenvalue weighted by Crippen LogP contribution is -2.47. The van der Waals surface area contributed by atoms with Crippen molar-refractivity contribution in [2.45, 2.75) is 31.5 Å². The first kappa shape index (κ1) is 16.4. The summed E-state index contributed by atoms with van der Waals surface area (Å²) in [4.78, 5) is 14.1. The summed E-state index contributed by atoms with van der Waals surface area (Å²) in [5.41, 5.74) is 5.22. The van der Waals surface area contributed by atoms with Crippen LogP contribution in [0.3, 0.4) is 0 Å². The Morgan fingerprint density at radius 1 is 1.19 bits per heavy atom. The van der Waals surface area contributed by atoms with Gasteiger partial charge >= 0.3 is 12.2 Å². The molecule has 122 valence electrons. The van der Waals surface area contributed by atoms with Crippen LogP contribution in [0, 0.1) is 5.92 Å². The molecule has 2 aliphatic heterocycles. The molecule has 5 nitrogen and oxygen atoms in total. The van der Waals surface area contributed by atoms with Crippen LogP contribution in [0.15, 0.2) is 0 Å². The molecular weight excluding hydrogens is 285 g/mol. The summed E-state index contributed by atoms with van der Waals surface area (Å²) in [6, 6.07) is -0.0516. The van der Waals surface area contributed by atoms with Crippen molar-refractivity contribution in [3.8, 4) is 0 Å². The number of urea groups is 1. The zero-order valence-corrected chi connectivity index (χ0v) is 12.0. The Balaban J connectivity index is 1.63. The van der Waals surface area contributed by atoms with Gasteiger partial charge in [0.15, 0.2) is 0 Å². The number of halogens is 3. The Bertz CT molecular complexity index is 356. The number of piperidine rings is 1. The molecule has 8 heteroatoms. The van der Waals surface area contributed by atoms with Crippen molar-refractivity contribution < 1.29 is 18.0 Å². The monoisotopic (exact) mass is 308 g/mol. The maximum atomic E-state index is 12.3. The molecular formula is C13H23F3N4O. The van der Waals surface area contributed by atoms with Crippen LogP contribution in [0.4, 0.5) is 18.0 Å². The molecule has 0 aromatic rings. The van der Waals surface area contributed by atoms with Gasteiger partial charge in [-0.3, -0.25) is 4.90 Å². The molecule has 2 aliphatic rings. The van der Waals surface area contributed by atoms with Gasteiger partial charge in [0.1, 0.15) is 0 Å². The molecule has 2 rings (SSSR count). The number of nitrogens with two attached hydrogens (primary N) is 1. The highest BCUT2D eigenvalue weighted by Crippen LogP contribution is 2.22. The van der Waals surface area contributed by atoms with Gasteiger partial charge in [-0.2, -0.15) is 13.2 Å². The molecule has 0 aromatic heterocycles. The fourth-order valence-electron chi connectivity index (χ4n) is 3.11. The van der Waals surface area contributed by atoms with Gasteiger partial charge in [-0.25, -0.2) is 4.79 Å². The Morgan fingerprint density at radius 2 is 1.86 bits per heavy atom. The molecule has 1 atom stereocenters. The number of carbonyl (C=O) groups is 1. The SMILES string of the molecule is NC(=O)N1CCC(NCC2CCN(CC(F)(F)F)C2)CC1. The molecule has 2 amide bonds. The van der Waals surface area contributed by atoms with Crippen molar-refractivity contribution in [1.29, 1.82) is 0 Å². The molecule has 0 aliphatic carbocycles. The van der Waals surface area contributed by atoms with E-state index in [1.165, 1.54) is 4.90 Å². The number of alkyl halides is 3. The van der Waals surface area contributed by atoms with Crippen molar-refractivity contribution >= 4 is 6.03 Å². The predicted octanol–water partition coefficient (Wildman–Crippen LogP) is 1.00. The van der Waals surface area contributed by atoms with Crippen molar-refractivity contribution in [3.63, 3.8) is 0 Å². The van der Waals surface area contributed by atoms with E-state index in [0.717, 1.165) is 25.8 Å². The molecule has 2 heterocycles. The summed E-state index contributed by atoms with van der Waals surface area (Å²) in [5, 5.41) is 3.42. The van der Waals surface area contributed by atoms with Crippen LogP contribution in [-0.2, 0) is 0 Å². The van der Waals surface area contributed by atoms with Crippen molar-refractivity contribution in [2.24, 2.45) is 11.7 Å². The van der Waals surface area contributed by atoms with Crippen LogP contribution in [0.5, 0.6) is 0 Å². The van der Waals surface area contributed by atoms with Gasteiger partial charge in [0, 0.05) is 25.7 Å². The van der Waals surface area contributed by atoms with Crippen LogP contribution < -0.4 is 11.1 Å². The lowest BCUT2D eigenvalue weighted by molar-refractivity contribution is -0.143. The second-order valence-corrected chi connectivity index (χ2v) is 6.01. The van der Waals surface area contributed by atoms with Gasteiger partial charge in [0.2, 0.25) is 0 Å². The number of hydrogen-bond acceptors (Lipinski definition) is 3. The second kappa shape index (κ2) is 6.83.